The lowest BCUT2D eigenvalue weighted by Crippen LogP contribution is -2.17. The molecule has 38 heavy (non-hydrogen) atoms. The first-order valence-electron chi connectivity index (χ1n) is 11.3. The van der Waals surface area contributed by atoms with Gasteiger partial charge in [-0.1, -0.05) is 0 Å². The zero-order valence-electron chi connectivity index (χ0n) is 20.2. The fourth-order valence-corrected chi connectivity index (χ4v) is 3.65. The highest BCUT2D eigenvalue weighted by Gasteiger charge is 2.35. The molecule has 0 atom stereocenters. The van der Waals surface area contributed by atoms with Crippen molar-refractivity contribution in [3.05, 3.63) is 83.3 Å². The number of benzene rings is 1. The molecule has 8 nitrogen and oxygen atoms in total. The summed E-state index contributed by atoms with van der Waals surface area (Å²) in [6, 6.07) is 2.41. The van der Waals surface area contributed by atoms with Gasteiger partial charge in [-0.25, -0.2) is 23.7 Å². The molecule has 0 unspecified atom stereocenters. The average molecular weight is 532 g/mol. The molecule has 0 aliphatic heterocycles. The SMILES string of the molecule is CCn1cc(Cc2ncc(-c3cc(F)c(CC(=O)Nc4cnc(OC)c(C(F)(F)F)c4)cc3F)cn2)cn1. The normalized spacial score (nSPS) is 11.4. The van der Waals surface area contributed by atoms with Gasteiger partial charge in [0.15, 0.2) is 0 Å². The number of ether oxygens (including phenoxy) is 1. The topological polar surface area (TPSA) is 94.8 Å². The third-order valence-corrected chi connectivity index (χ3v) is 5.51. The molecule has 1 aromatic carbocycles. The molecule has 198 valence electrons. The summed E-state index contributed by atoms with van der Waals surface area (Å²) in [4.78, 5) is 24.3. The van der Waals surface area contributed by atoms with Gasteiger partial charge in [-0.15, -0.1) is 0 Å². The number of aromatic nitrogens is 5. The molecular weight excluding hydrogens is 511 g/mol. The quantitative estimate of drug-likeness (QED) is 0.327. The first-order chi connectivity index (χ1) is 18.1. The Morgan fingerprint density at radius 1 is 1.03 bits per heavy atom. The molecule has 3 aromatic heterocycles. The molecule has 3 heterocycles. The van der Waals surface area contributed by atoms with Crippen molar-refractivity contribution in [3.63, 3.8) is 0 Å². The van der Waals surface area contributed by atoms with Gasteiger partial charge in [0.05, 0.1) is 31.6 Å². The van der Waals surface area contributed by atoms with Gasteiger partial charge in [0.1, 0.15) is 23.0 Å². The van der Waals surface area contributed by atoms with Gasteiger partial charge in [0, 0.05) is 48.2 Å². The Kier molecular flexibility index (Phi) is 7.65. The van der Waals surface area contributed by atoms with Gasteiger partial charge in [0.2, 0.25) is 11.8 Å². The monoisotopic (exact) mass is 532 g/mol. The van der Waals surface area contributed by atoms with Crippen LogP contribution in [-0.2, 0) is 30.4 Å². The van der Waals surface area contributed by atoms with Crippen molar-refractivity contribution in [2.75, 3.05) is 12.4 Å². The van der Waals surface area contributed by atoms with Crippen LogP contribution in [0.4, 0.5) is 27.6 Å². The second-order valence-corrected chi connectivity index (χ2v) is 8.20. The van der Waals surface area contributed by atoms with Crippen LogP contribution in [0, 0.1) is 11.6 Å². The number of nitrogens with zero attached hydrogens (tertiary/aromatic N) is 5. The molecule has 4 rings (SSSR count). The van der Waals surface area contributed by atoms with Crippen LogP contribution in [0.5, 0.6) is 5.88 Å². The van der Waals surface area contributed by atoms with Gasteiger partial charge < -0.3 is 10.1 Å². The van der Waals surface area contributed by atoms with Crippen LogP contribution >= 0.6 is 0 Å². The Balaban J connectivity index is 1.46. The Hall–Kier alpha value is -4.42. The van der Waals surface area contributed by atoms with E-state index >= 15 is 0 Å². The number of amides is 1. The Morgan fingerprint density at radius 2 is 1.76 bits per heavy atom. The van der Waals surface area contributed by atoms with Gasteiger partial charge in [-0.3, -0.25) is 9.48 Å². The number of halogens is 5. The molecule has 0 aliphatic carbocycles. The predicted molar refractivity (Wildman–Crippen MR) is 126 cm³/mol. The Labute approximate surface area is 213 Å². The fraction of sp³-hybridized carbons (Fsp3) is 0.240. The van der Waals surface area contributed by atoms with E-state index in [2.05, 4.69) is 30.1 Å². The standard InChI is InChI=1S/C25H21F5N6O2/c1-3-36-13-14(9-34-36)4-22-31-10-16(11-32-22)18-8-20(26)15(5-21(18)27)6-23(37)35-17-7-19(25(28,29)30)24(38-2)33-12-17/h5,7-13H,3-4,6H2,1-2H3,(H,35,37). The Morgan fingerprint density at radius 3 is 2.39 bits per heavy atom. The highest BCUT2D eigenvalue weighted by Crippen LogP contribution is 2.36. The molecule has 1 N–H and O–H groups in total. The highest BCUT2D eigenvalue weighted by atomic mass is 19.4. The van der Waals surface area contributed by atoms with Gasteiger partial charge in [-0.05, 0) is 30.7 Å². The van der Waals surface area contributed by atoms with Crippen molar-refractivity contribution in [2.45, 2.75) is 32.5 Å². The molecule has 0 radical (unpaired) electrons. The minimum Gasteiger partial charge on any atom is -0.481 e. The lowest BCUT2D eigenvalue weighted by molar-refractivity contribution is -0.139. The summed E-state index contributed by atoms with van der Waals surface area (Å²) in [5.74, 6) is -2.75. The number of anilines is 1. The van der Waals surface area contributed by atoms with Gasteiger partial charge >= 0.3 is 6.18 Å². The summed E-state index contributed by atoms with van der Waals surface area (Å²) in [6.07, 6.45) is 2.27. The maximum atomic E-state index is 14.8. The van der Waals surface area contributed by atoms with Gasteiger partial charge in [-0.2, -0.15) is 18.3 Å². The van der Waals surface area contributed by atoms with E-state index in [0.717, 1.165) is 37.5 Å². The third-order valence-electron chi connectivity index (χ3n) is 5.51. The van der Waals surface area contributed by atoms with Crippen LogP contribution in [0.25, 0.3) is 11.1 Å². The number of pyridine rings is 1. The predicted octanol–water partition coefficient (Wildman–Crippen LogP) is 4.83. The lowest BCUT2D eigenvalue weighted by atomic mass is 10.0. The minimum atomic E-state index is -4.77. The summed E-state index contributed by atoms with van der Waals surface area (Å²) in [6.45, 7) is 2.68. The fourth-order valence-electron chi connectivity index (χ4n) is 3.65. The minimum absolute atomic E-state index is 0.105. The number of aryl methyl sites for hydroxylation is 1. The zero-order chi connectivity index (χ0) is 27.4. The van der Waals surface area contributed by atoms with E-state index in [0.29, 0.717) is 18.3 Å². The number of hydrogen-bond donors (Lipinski definition) is 1. The second-order valence-electron chi connectivity index (χ2n) is 8.20. The van der Waals surface area contributed by atoms with E-state index in [-0.39, 0.29) is 22.4 Å². The van der Waals surface area contributed by atoms with Crippen LogP contribution in [0.3, 0.4) is 0 Å². The number of alkyl halides is 3. The zero-order valence-corrected chi connectivity index (χ0v) is 20.2. The van der Waals surface area contributed by atoms with Crippen LogP contribution in [0.15, 0.2) is 49.2 Å². The number of hydrogen-bond acceptors (Lipinski definition) is 6. The number of methoxy groups -OCH3 is 1. The number of carbonyl (C=O) groups excluding carboxylic acids is 1. The van der Waals surface area contributed by atoms with E-state index in [9.17, 15) is 26.7 Å². The van der Waals surface area contributed by atoms with Crippen molar-refractivity contribution < 1.29 is 31.5 Å². The smallest absolute Gasteiger partial charge is 0.421 e. The first-order valence-corrected chi connectivity index (χ1v) is 11.3. The maximum Gasteiger partial charge on any atom is 0.421 e. The van der Waals surface area contributed by atoms with Crippen molar-refractivity contribution in [1.82, 2.24) is 24.7 Å². The molecule has 0 fully saturated rings. The average Bonchev–Trinajstić information content (AvgIpc) is 3.33. The van der Waals surface area contributed by atoms with E-state index in [1.807, 2.05) is 13.1 Å². The molecule has 0 aliphatic rings. The summed E-state index contributed by atoms with van der Waals surface area (Å²) in [5, 5.41) is 6.38. The van der Waals surface area contributed by atoms with Crippen LogP contribution in [-0.4, -0.2) is 37.7 Å². The van der Waals surface area contributed by atoms with E-state index < -0.39 is 41.6 Å². The molecular formula is C25H21F5N6O2. The van der Waals surface area contributed by atoms with Gasteiger partial charge in [0.25, 0.3) is 0 Å². The maximum absolute atomic E-state index is 14.8. The third kappa shape index (κ3) is 6.10. The number of carbonyl (C=O) groups is 1. The van der Waals surface area contributed by atoms with Crippen molar-refractivity contribution >= 4 is 11.6 Å². The molecule has 4 aromatic rings. The summed E-state index contributed by atoms with van der Waals surface area (Å²) >= 11 is 0. The molecule has 13 heteroatoms. The van der Waals surface area contributed by atoms with Crippen LogP contribution < -0.4 is 10.1 Å². The molecule has 0 saturated carbocycles. The van der Waals surface area contributed by atoms with Crippen molar-refractivity contribution in [1.29, 1.82) is 0 Å². The number of rotatable bonds is 8. The lowest BCUT2D eigenvalue weighted by Gasteiger charge is -2.13. The van der Waals surface area contributed by atoms with Crippen LogP contribution in [0.2, 0.25) is 0 Å². The first kappa shape index (κ1) is 26.6. The molecule has 0 spiro atoms. The molecule has 0 bridgehead atoms. The molecule has 0 saturated heterocycles. The number of nitrogens with one attached hydrogen (secondary N) is 1. The summed E-state index contributed by atoms with van der Waals surface area (Å²) in [7, 11) is 1.03. The van der Waals surface area contributed by atoms with E-state index in [1.165, 1.54) is 12.4 Å². The highest BCUT2D eigenvalue weighted by molar-refractivity contribution is 5.92. The van der Waals surface area contributed by atoms with E-state index in [1.54, 1.807) is 10.9 Å². The Bertz CT molecular complexity index is 1450. The summed E-state index contributed by atoms with van der Waals surface area (Å²) in [5.41, 5.74) is -0.727. The van der Waals surface area contributed by atoms with Crippen molar-refractivity contribution in [3.8, 4) is 17.0 Å². The van der Waals surface area contributed by atoms with Crippen molar-refractivity contribution in [2.24, 2.45) is 0 Å². The van der Waals surface area contributed by atoms with Crippen LogP contribution in [0.1, 0.15) is 29.4 Å². The molecule has 1 amide bonds. The second kappa shape index (κ2) is 10.9. The summed E-state index contributed by atoms with van der Waals surface area (Å²) < 4.78 is 75.5. The largest absolute Gasteiger partial charge is 0.481 e. The van der Waals surface area contributed by atoms with E-state index in [4.69, 9.17) is 0 Å².